The van der Waals surface area contributed by atoms with Crippen LogP contribution in [0.1, 0.15) is 45.4 Å². The summed E-state index contributed by atoms with van der Waals surface area (Å²) in [5.74, 6) is 2.04. The normalized spacial score (nSPS) is 24.9. The van der Waals surface area contributed by atoms with Gasteiger partial charge in [-0.1, -0.05) is 6.42 Å². The minimum absolute atomic E-state index is 0. The summed E-state index contributed by atoms with van der Waals surface area (Å²) in [4.78, 5) is 4.60. The molecule has 0 spiro atoms. The molecule has 0 aromatic carbocycles. The summed E-state index contributed by atoms with van der Waals surface area (Å²) in [7, 11) is 0. The van der Waals surface area contributed by atoms with Gasteiger partial charge in [0, 0.05) is 38.8 Å². The van der Waals surface area contributed by atoms with E-state index in [-0.39, 0.29) is 30.1 Å². The van der Waals surface area contributed by atoms with Crippen molar-refractivity contribution in [2.75, 3.05) is 32.8 Å². The second kappa shape index (κ2) is 11.5. The van der Waals surface area contributed by atoms with Gasteiger partial charge in [0.15, 0.2) is 5.96 Å². The van der Waals surface area contributed by atoms with Gasteiger partial charge in [0.2, 0.25) is 0 Å². The first-order valence-electron chi connectivity index (χ1n) is 8.57. The van der Waals surface area contributed by atoms with E-state index < -0.39 is 0 Å². The lowest BCUT2D eigenvalue weighted by Gasteiger charge is -2.15. The Bertz CT molecular complexity index is 325. The van der Waals surface area contributed by atoms with Crippen molar-refractivity contribution in [3.05, 3.63) is 0 Å². The number of guanidine groups is 1. The van der Waals surface area contributed by atoms with Gasteiger partial charge in [-0.2, -0.15) is 0 Å². The zero-order chi connectivity index (χ0) is 14.9. The van der Waals surface area contributed by atoms with Gasteiger partial charge in [-0.25, -0.2) is 0 Å². The van der Waals surface area contributed by atoms with Crippen LogP contribution < -0.4 is 10.6 Å². The maximum atomic E-state index is 9.83. The highest BCUT2D eigenvalue weighted by Gasteiger charge is 2.24. The van der Waals surface area contributed by atoms with Crippen molar-refractivity contribution < 1.29 is 9.84 Å². The van der Waals surface area contributed by atoms with Crippen LogP contribution in [0.25, 0.3) is 0 Å². The molecule has 0 bridgehead atoms. The molecule has 0 saturated heterocycles. The molecule has 2 atom stereocenters. The summed E-state index contributed by atoms with van der Waals surface area (Å²) in [5.41, 5.74) is 0. The molecule has 0 aromatic rings. The molecule has 2 rings (SSSR count). The number of aliphatic hydroxyl groups excluding tert-OH is 1. The van der Waals surface area contributed by atoms with Crippen LogP contribution in [0.2, 0.25) is 0 Å². The summed E-state index contributed by atoms with van der Waals surface area (Å²) in [6.45, 7) is 6.29. The van der Waals surface area contributed by atoms with E-state index in [1.54, 1.807) is 0 Å². The van der Waals surface area contributed by atoms with Gasteiger partial charge in [0.1, 0.15) is 0 Å². The van der Waals surface area contributed by atoms with Crippen molar-refractivity contribution in [3.63, 3.8) is 0 Å². The Morgan fingerprint density at radius 1 is 1.23 bits per heavy atom. The average Bonchev–Trinajstić information content (AvgIpc) is 3.21. The minimum Gasteiger partial charge on any atom is -0.393 e. The number of hydrogen-bond acceptors (Lipinski definition) is 3. The molecule has 2 aliphatic rings. The number of aliphatic hydroxyl groups is 1. The number of hydrogen-bond donors (Lipinski definition) is 3. The molecule has 2 fully saturated rings. The molecule has 2 unspecified atom stereocenters. The highest BCUT2D eigenvalue weighted by molar-refractivity contribution is 14.0. The van der Waals surface area contributed by atoms with Crippen LogP contribution in [0.3, 0.4) is 0 Å². The third kappa shape index (κ3) is 7.97. The molecule has 5 nitrogen and oxygen atoms in total. The lowest BCUT2D eigenvalue weighted by Crippen LogP contribution is -2.38. The zero-order valence-corrected chi connectivity index (χ0v) is 16.1. The van der Waals surface area contributed by atoms with Crippen molar-refractivity contribution in [2.45, 2.75) is 51.6 Å². The van der Waals surface area contributed by atoms with Crippen LogP contribution >= 0.6 is 24.0 Å². The maximum Gasteiger partial charge on any atom is 0.191 e. The smallest absolute Gasteiger partial charge is 0.191 e. The van der Waals surface area contributed by atoms with E-state index in [2.05, 4.69) is 22.5 Å². The van der Waals surface area contributed by atoms with Gasteiger partial charge >= 0.3 is 0 Å². The second-order valence-electron chi connectivity index (χ2n) is 6.28. The van der Waals surface area contributed by atoms with Crippen molar-refractivity contribution in [3.8, 4) is 0 Å². The largest absolute Gasteiger partial charge is 0.393 e. The molecule has 2 saturated carbocycles. The van der Waals surface area contributed by atoms with Crippen LogP contribution in [-0.2, 0) is 4.74 Å². The number of aliphatic imine (C=N–C) groups is 1. The van der Waals surface area contributed by atoms with Crippen molar-refractivity contribution in [2.24, 2.45) is 16.8 Å². The van der Waals surface area contributed by atoms with Crippen molar-refractivity contribution in [1.29, 1.82) is 0 Å². The Morgan fingerprint density at radius 2 is 2.05 bits per heavy atom. The number of halogens is 1. The Balaban J connectivity index is 0.00000242. The number of nitrogens with one attached hydrogen (secondary N) is 2. The molecule has 22 heavy (non-hydrogen) atoms. The SMILES string of the molecule is CCNC(=NCC1CCCC1O)NCCCOCC1CC1.I. The molecule has 0 radical (unpaired) electrons. The maximum absolute atomic E-state index is 9.83. The Morgan fingerprint density at radius 3 is 2.68 bits per heavy atom. The number of nitrogens with zero attached hydrogens (tertiary/aromatic N) is 1. The van der Waals surface area contributed by atoms with Crippen LogP contribution in [0.4, 0.5) is 0 Å². The van der Waals surface area contributed by atoms with E-state index in [9.17, 15) is 5.11 Å². The molecule has 2 aliphatic carbocycles. The lowest BCUT2D eigenvalue weighted by atomic mass is 10.1. The third-order valence-corrected chi connectivity index (χ3v) is 4.26. The van der Waals surface area contributed by atoms with Gasteiger partial charge in [-0.05, 0) is 44.9 Å². The van der Waals surface area contributed by atoms with Gasteiger partial charge in [0.25, 0.3) is 0 Å². The molecule has 130 valence electrons. The summed E-state index contributed by atoms with van der Waals surface area (Å²) >= 11 is 0. The quantitative estimate of drug-likeness (QED) is 0.229. The molecular weight excluding hydrogens is 393 g/mol. The van der Waals surface area contributed by atoms with E-state index in [0.717, 1.165) is 63.9 Å². The van der Waals surface area contributed by atoms with Crippen molar-refractivity contribution in [1.82, 2.24) is 10.6 Å². The van der Waals surface area contributed by atoms with Crippen LogP contribution in [0.15, 0.2) is 4.99 Å². The molecule has 0 aliphatic heterocycles. The molecular formula is C16H32IN3O2. The Kier molecular flexibility index (Phi) is 10.4. The number of rotatable bonds is 9. The summed E-state index contributed by atoms with van der Waals surface area (Å²) in [6, 6.07) is 0. The van der Waals surface area contributed by atoms with Gasteiger partial charge in [-0.3, -0.25) is 4.99 Å². The van der Waals surface area contributed by atoms with E-state index in [4.69, 9.17) is 4.74 Å². The fourth-order valence-electron chi connectivity index (χ4n) is 2.70. The van der Waals surface area contributed by atoms with Crippen LogP contribution in [0.5, 0.6) is 0 Å². The fourth-order valence-corrected chi connectivity index (χ4v) is 2.70. The molecule has 0 aromatic heterocycles. The second-order valence-corrected chi connectivity index (χ2v) is 6.28. The topological polar surface area (TPSA) is 65.9 Å². The number of ether oxygens (including phenoxy) is 1. The molecule has 6 heteroatoms. The predicted molar refractivity (Wildman–Crippen MR) is 101 cm³/mol. The van der Waals surface area contributed by atoms with Crippen LogP contribution in [0, 0.1) is 11.8 Å². The van der Waals surface area contributed by atoms with E-state index in [1.165, 1.54) is 12.8 Å². The first-order chi connectivity index (χ1) is 10.3. The summed E-state index contributed by atoms with van der Waals surface area (Å²) < 4.78 is 5.62. The standard InChI is InChI=1S/C16H31N3O2.HI/c1-2-17-16(19-11-14-5-3-6-15(14)20)18-9-4-10-21-12-13-7-8-13;/h13-15,20H,2-12H2,1H3,(H2,17,18,19);1H. The fraction of sp³-hybridized carbons (Fsp3) is 0.938. The van der Waals surface area contributed by atoms with Crippen LogP contribution in [-0.4, -0.2) is 50.0 Å². The summed E-state index contributed by atoms with van der Waals surface area (Å²) in [6.07, 6.45) is 6.70. The highest BCUT2D eigenvalue weighted by atomic mass is 127. The van der Waals surface area contributed by atoms with E-state index in [1.807, 2.05) is 0 Å². The van der Waals surface area contributed by atoms with Gasteiger partial charge < -0.3 is 20.5 Å². The first kappa shape index (κ1) is 20.0. The van der Waals surface area contributed by atoms with E-state index in [0.29, 0.717) is 12.5 Å². The minimum atomic E-state index is -0.160. The molecule has 0 amide bonds. The highest BCUT2D eigenvalue weighted by Crippen LogP contribution is 2.28. The molecule has 3 N–H and O–H groups in total. The predicted octanol–water partition coefficient (Wildman–Crippen LogP) is 2.14. The third-order valence-electron chi connectivity index (χ3n) is 4.26. The Labute approximate surface area is 151 Å². The average molecular weight is 425 g/mol. The van der Waals surface area contributed by atoms with E-state index >= 15 is 0 Å². The van der Waals surface area contributed by atoms with Crippen molar-refractivity contribution >= 4 is 29.9 Å². The monoisotopic (exact) mass is 425 g/mol. The Hall–Kier alpha value is -0.0800. The first-order valence-corrected chi connectivity index (χ1v) is 8.57. The van der Waals surface area contributed by atoms with Gasteiger partial charge in [0.05, 0.1) is 6.10 Å². The molecule has 0 heterocycles. The summed E-state index contributed by atoms with van der Waals surface area (Å²) in [5, 5.41) is 16.4. The van der Waals surface area contributed by atoms with Gasteiger partial charge in [-0.15, -0.1) is 24.0 Å². The zero-order valence-electron chi connectivity index (χ0n) is 13.7. The lowest BCUT2D eigenvalue weighted by molar-refractivity contribution is 0.123.